The summed E-state index contributed by atoms with van der Waals surface area (Å²) in [5, 5.41) is 2.03. The van der Waals surface area contributed by atoms with Crippen LogP contribution in [0.5, 0.6) is 0 Å². The number of carbonyl (C=O) groups excluding carboxylic acids is 2. The van der Waals surface area contributed by atoms with Crippen molar-refractivity contribution in [2.75, 3.05) is 19.0 Å². The molecule has 0 bridgehead atoms. The van der Waals surface area contributed by atoms with Crippen LogP contribution >= 0.6 is 22.9 Å². The number of amides is 2. The van der Waals surface area contributed by atoms with E-state index in [2.05, 4.69) is 0 Å². The van der Waals surface area contributed by atoms with Gasteiger partial charge >= 0.3 is 0 Å². The molecule has 0 N–H and O–H groups in total. The zero-order valence-electron chi connectivity index (χ0n) is 16.0. The predicted octanol–water partition coefficient (Wildman–Crippen LogP) is 4.23. The molecule has 0 saturated carbocycles. The van der Waals surface area contributed by atoms with Gasteiger partial charge in [-0.15, -0.1) is 22.9 Å². The Morgan fingerprint density at radius 1 is 1.32 bits per heavy atom. The molecule has 2 heterocycles. The van der Waals surface area contributed by atoms with Crippen molar-refractivity contribution in [3.63, 3.8) is 0 Å². The maximum atomic E-state index is 13.4. The highest BCUT2D eigenvalue weighted by Crippen LogP contribution is 2.38. The molecule has 3 rings (SSSR count). The number of benzene rings is 1. The number of hydrogen-bond acceptors (Lipinski definition) is 3. The molecule has 0 spiro atoms. The first-order valence-electron chi connectivity index (χ1n) is 9.42. The van der Waals surface area contributed by atoms with Crippen LogP contribution in [0.3, 0.4) is 0 Å². The summed E-state index contributed by atoms with van der Waals surface area (Å²) in [5.74, 6) is -0.812. The Bertz CT molecular complexity index is 839. The summed E-state index contributed by atoms with van der Waals surface area (Å²) in [7, 11) is 0. The molecule has 1 aromatic carbocycles. The van der Waals surface area contributed by atoms with E-state index in [0.29, 0.717) is 6.54 Å². The van der Waals surface area contributed by atoms with Gasteiger partial charge in [-0.05, 0) is 54.5 Å². The highest BCUT2D eigenvalue weighted by atomic mass is 35.5. The Balaban J connectivity index is 1.91. The van der Waals surface area contributed by atoms with Crippen LogP contribution in [0.1, 0.15) is 42.3 Å². The van der Waals surface area contributed by atoms with Gasteiger partial charge in [0.1, 0.15) is 18.2 Å². The first-order valence-corrected chi connectivity index (χ1v) is 10.8. The second-order valence-electron chi connectivity index (χ2n) is 7.00. The van der Waals surface area contributed by atoms with Crippen molar-refractivity contribution < 1.29 is 14.0 Å². The molecule has 1 aliphatic rings. The largest absolute Gasteiger partial charge is 0.330 e. The van der Waals surface area contributed by atoms with E-state index in [9.17, 15) is 14.0 Å². The third-order valence-corrected chi connectivity index (χ3v) is 6.56. The Kier molecular flexibility index (Phi) is 6.73. The summed E-state index contributed by atoms with van der Waals surface area (Å²) in [6.07, 6.45) is 1.52. The summed E-state index contributed by atoms with van der Waals surface area (Å²) in [5.41, 5.74) is 1.95. The van der Waals surface area contributed by atoms with Crippen molar-refractivity contribution in [2.45, 2.75) is 38.8 Å². The van der Waals surface area contributed by atoms with Crippen molar-refractivity contribution in [3.05, 3.63) is 57.5 Å². The average Bonchev–Trinajstić information content (AvgIpc) is 3.19. The molecule has 4 nitrogen and oxygen atoms in total. The SMILES string of the molecule is CCC(C)N(CC(=O)N1CCc2sccc2C1c1ccc(F)cc1)C(=O)CCl. The van der Waals surface area contributed by atoms with Crippen LogP contribution in [0.2, 0.25) is 0 Å². The Morgan fingerprint density at radius 3 is 2.68 bits per heavy atom. The van der Waals surface area contributed by atoms with Gasteiger partial charge in [-0.25, -0.2) is 4.39 Å². The van der Waals surface area contributed by atoms with Crippen LogP contribution in [0.4, 0.5) is 4.39 Å². The summed E-state index contributed by atoms with van der Waals surface area (Å²) in [6.45, 7) is 4.46. The molecule has 0 radical (unpaired) electrons. The number of carbonyl (C=O) groups is 2. The molecule has 7 heteroatoms. The van der Waals surface area contributed by atoms with E-state index in [-0.39, 0.29) is 42.1 Å². The number of nitrogens with zero attached hydrogens (tertiary/aromatic N) is 2. The van der Waals surface area contributed by atoms with Crippen molar-refractivity contribution in [2.24, 2.45) is 0 Å². The third-order valence-electron chi connectivity index (χ3n) is 5.34. The molecule has 0 saturated heterocycles. The molecule has 2 aromatic rings. The monoisotopic (exact) mass is 422 g/mol. The van der Waals surface area contributed by atoms with E-state index in [1.54, 1.807) is 33.3 Å². The van der Waals surface area contributed by atoms with Crippen LogP contribution in [-0.2, 0) is 16.0 Å². The maximum Gasteiger partial charge on any atom is 0.243 e. The average molecular weight is 423 g/mol. The van der Waals surface area contributed by atoms with E-state index in [4.69, 9.17) is 11.6 Å². The summed E-state index contributed by atoms with van der Waals surface area (Å²) in [4.78, 5) is 30.1. The molecule has 1 aliphatic heterocycles. The zero-order chi connectivity index (χ0) is 20.3. The van der Waals surface area contributed by atoms with Crippen LogP contribution in [-0.4, -0.2) is 46.6 Å². The lowest BCUT2D eigenvalue weighted by atomic mass is 9.93. The minimum Gasteiger partial charge on any atom is -0.330 e. The summed E-state index contributed by atoms with van der Waals surface area (Å²) in [6, 6.07) is 7.98. The zero-order valence-corrected chi connectivity index (χ0v) is 17.6. The predicted molar refractivity (Wildman–Crippen MR) is 110 cm³/mol. The Hall–Kier alpha value is -1.92. The summed E-state index contributed by atoms with van der Waals surface area (Å²) >= 11 is 7.44. The molecule has 0 aliphatic carbocycles. The fourth-order valence-electron chi connectivity index (χ4n) is 3.61. The Labute approximate surface area is 173 Å². The molecule has 2 atom stereocenters. The van der Waals surface area contributed by atoms with Gasteiger partial charge in [0.15, 0.2) is 0 Å². The molecule has 0 fully saturated rings. The van der Waals surface area contributed by atoms with Gasteiger partial charge in [0.05, 0.1) is 6.04 Å². The number of hydrogen-bond donors (Lipinski definition) is 0. The molecule has 2 amide bonds. The second-order valence-corrected chi connectivity index (χ2v) is 8.27. The lowest BCUT2D eigenvalue weighted by molar-refractivity contribution is -0.142. The summed E-state index contributed by atoms with van der Waals surface area (Å²) < 4.78 is 13.4. The highest BCUT2D eigenvalue weighted by molar-refractivity contribution is 7.10. The van der Waals surface area contributed by atoms with Crippen LogP contribution < -0.4 is 0 Å². The van der Waals surface area contributed by atoms with Gasteiger partial charge in [0.25, 0.3) is 0 Å². The first-order chi connectivity index (χ1) is 13.5. The molecule has 150 valence electrons. The van der Waals surface area contributed by atoms with E-state index >= 15 is 0 Å². The molecule has 1 aromatic heterocycles. The van der Waals surface area contributed by atoms with Crippen molar-refractivity contribution in [3.8, 4) is 0 Å². The van der Waals surface area contributed by atoms with Crippen molar-refractivity contribution in [1.82, 2.24) is 9.80 Å². The van der Waals surface area contributed by atoms with E-state index < -0.39 is 0 Å². The number of fused-ring (bicyclic) bond motifs is 1. The highest BCUT2D eigenvalue weighted by Gasteiger charge is 2.34. The fraction of sp³-hybridized carbons (Fsp3) is 0.429. The van der Waals surface area contributed by atoms with Gasteiger partial charge in [-0.2, -0.15) is 0 Å². The van der Waals surface area contributed by atoms with Gasteiger partial charge < -0.3 is 9.80 Å². The smallest absolute Gasteiger partial charge is 0.243 e. The van der Waals surface area contributed by atoms with Gasteiger partial charge in [0, 0.05) is 17.5 Å². The number of halogens is 2. The van der Waals surface area contributed by atoms with E-state index in [1.807, 2.05) is 25.3 Å². The normalized spacial score (nSPS) is 17.1. The van der Waals surface area contributed by atoms with Crippen LogP contribution in [0.25, 0.3) is 0 Å². The van der Waals surface area contributed by atoms with Gasteiger partial charge in [-0.3, -0.25) is 9.59 Å². The standard InChI is InChI=1S/C21H24ClFN2O2S/c1-3-14(2)25(19(26)12-22)13-20(27)24-10-8-18-17(9-11-28-18)21(24)15-4-6-16(23)7-5-15/h4-7,9,11,14,21H,3,8,10,12-13H2,1-2H3. The molecule has 28 heavy (non-hydrogen) atoms. The first kappa shape index (κ1) is 20.8. The van der Waals surface area contributed by atoms with E-state index in [1.165, 1.54) is 17.0 Å². The molecular formula is C21H24ClFN2O2S. The van der Waals surface area contributed by atoms with E-state index in [0.717, 1.165) is 24.0 Å². The number of rotatable bonds is 6. The van der Waals surface area contributed by atoms with Gasteiger partial charge in [0.2, 0.25) is 11.8 Å². The maximum absolute atomic E-state index is 13.4. The Morgan fingerprint density at radius 2 is 2.04 bits per heavy atom. The fourth-order valence-corrected chi connectivity index (χ4v) is 4.67. The number of thiophene rings is 1. The third kappa shape index (κ3) is 4.23. The quantitative estimate of drug-likeness (QED) is 0.654. The van der Waals surface area contributed by atoms with Crippen LogP contribution in [0.15, 0.2) is 35.7 Å². The van der Waals surface area contributed by atoms with Crippen LogP contribution in [0, 0.1) is 5.82 Å². The minimum atomic E-state index is -0.307. The topological polar surface area (TPSA) is 40.6 Å². The minimum absolute atomic E-state index is 0.00226. The molecular weight excluding hydrogens is 399 g/mol. The lowest BCUT2D eigenvalue weighted by Crippen LogP contribution is -2.49. The number of alkyl halides is 1. The second kappa shape index (κ2) is 9.05. The molecule has 2 unspecified atom stereocenters. The van der Waals surface area contributed by atoms with Crippen molar-refractivity contribution in [1.29, 1.82) is 0 Å². The lowest BCUT2D eigenvalue weighted by Gasteiger charge is -2.38. The van der Waals surface area contributed by atoms with Crippen molar-refractivity contribution >= 4 is 34.8 Å². The van der Waals surface area contributed by atoms with Gasteiger partial charge in [-0.1, -0.05) is 19.1 Å².